The maximum Gasteiger partial charge on any atom is 0.233 e. The summed E-state index contributed by atoms with van der Waals surface area (Å²) in [4.78, 5) is 13.2. The molecule has 0 aromatic heterocycles. The zero-order valence-corrected chi connectivity index (χ0v) is 14.4. The monoisotopic (exact) mass is 340 g/mol. The zero-order chi connectivity index (χ0) is 17.4. The number of carbonyl (C=O) groups excluding carboxylic acids is 1. The molecule has 0 fully saturated rings. The summed E-state index contributed by atoms with van der Waals surface area (Å²) in [7, 11) is -3.51. The van der Waals surface area contributed by atoms with Crippen molar-refractivity contribution in [3.63, 3.8) is 0 Å². The predicted octanol–water partition coefficient (Wildman–Crippen LogP) is 2.49. The van der Waals surface area contributed by atoms with Crippen LogP contribution in [-0.4, -0.2) is 36.5 Å². The molecule has 2 atom stereocenters. The first-order valence-electron chi connectivity index (χ1n) is 7.32. The van der Waals surface area contributed by atoms with E-state index in [1.807, 2.05) is 13.8 Å². The van der Waals surface area contributed by atoms with Crippen LogP contribution in [0.4, 0.5) is 4.39 Å². The van der Waals surface area contributed by atoms with Crippen molar-refractivity contribution >= 4 is 16.4 Å². The molecule has 1 aliphatic heterocycles. The van der Waals surface area contributed by atoms with E-state index in [2.05, 4.69) is 0 Å². The van der Waals surface area contributed by atoms with Crippen LogP contribution in [0.3, 0.4) is 0 Å². The van der Waals surface area contributed by atoms with Gasteiger partial charge in [-0.1, -0.05) is 26.0 Å². The number of halogens is 1. The van der Waals surface area contributed by atoms with Gasteiger partial charge in [0.1, 0.15) is 12.0 Å². The lowest BCUT2D eigenvalue weighted by Gasteiger charge is -2.46. The van der Waals surface area contributed by atoms with Crippen molar-refractivity contribution in [3.05, 3.63) is 47.4 Å². The van der Waals surface area contributed by atoms with Crippen molar-refractivity contribution in [1.82, 2.24) is 9.21 Å². The fraction of sp³-hybridized carbons (Fsp3) is 0.438. The van der Waals surface area contributed by atoms with Gasteiger partial charge < -0.3 is 4.90 Å². The van der Waals surface area contributed by atoms with Crippen LogP contribution in [0.2, 0.25) is 0 Å². The van der Waals surface area contributed by atoms with Gasteiger partial charge in [-0.3, -0.25) is 9.10 Å². The minimum Gasteiger partial charge on any atom is -0.313 e. The zero-order valence-electron chi connectivity index (χ0n) is 13.6. The molecule has 126 valence electrons. The van der Waals surface area contributed by atoms with Gasteiger partial charge in [-0.25, -0.2) is 12.8 Å². The van der Waals surface area contributed by atoms with Gasteiger partial charge in [0.25, 0.3) is 0 Å². The quantitative estimate of drug-likeness (QED) is 0.791. The number of benzene rings is 1. The Morgan fingerprint density at radius 3 is 2.22 bits per heavy atom. The highest BCUT2D eigenvalue weighted by Gasteiger charge is 2.40. The van der Waals surface area contributed by atoms with Crippen molar-refractivity contribution in [2.45, 2.75) is 33.0 Å². The van der Waals surface area contributed by atoms with E-state index in [-0.39, 0.29) is 11.7 Å². The van der Waals surface area contributed by atoms with Crippen LogP contribution in [0.5, 0.6) is 0 Å². The summed E-state index contributed by atoms with van der Waals surface area (Å²) >= 11 is 0. The molecule has 2 unspecified atom stereocenters. The van der Waals surface area contributed by atoms with Crippen LogP contribution in [-0.2, 0) is 14.8 Å². The molecule has 7 heteroatoms. The van der Waals surface area contributed by atoms with E-state index >= 15 is 0 Å². The molecule has 1 aromatic rings. The normalized spacial score (nSPS) is 22.3. The first kappa shape index (κ1) is 17.5. The Balaban J connectivity index is 2.59. The summed E-state index contributed by atoms with van der Waals surface area (Å²) in [6.45, 7) is 5.48. The summed E-state index contributed by atoms with van der Waals surface area (Å²) in [5, 5.41) is 0. The highest BCUT2D eigenvalue weighted by atomic mass is 32.2. The third kappa shape index (κ3) is 3.39. The Labute approximate surface area is 136 Å². The molecule has 0 radical (unpaired) electrons. The minimum atomic E-state index is -3.51. The predicted molar refractivity (Wildman–Crippen MR) is 86.1 cm³/mol. The lowest BCUT2D eigenvalue weighted by Crippen LogP contribution is -2.55. The van der Waals surface area contributed by atoms with Gasteiger partial charge in [0, 0.05) is 6.20 Å². The van der Waals surface area contributed by atoms with E-state index in [0.29, 0.717) is 12.0 Å². The van der Waals surface area contributed by atoms with Crippen molar-refractivity contribution in [3.8, 4) is 0 Å². The van der Waals surface area contributed by atoms with Gasteiger partial charge in [0.15, 0.2) is 0 Å². The summed E-state index contributed by atoms with van der Waals surface area (Å²) < 4.78 is 38.6. The summed E-state index contributed by atoms with van der Waals surface area (Å²) in [6.07, 6.45) is 2.72. The molecule has 1 aromatic carbocycles. The number of rotatable bonds is 4. The topological polar surface area (TPSA) is 57.7 Å². The summed E-state index contributed by atoms with van der Waals surface area (Å²) in [6, 6.07) is 5.47. The van der Waals surface area contributed by atoms with Crippen LogP contribution in [0.1, 0.15) is 32.4 Å². The fourth-order valence-corrected chi connectivity index (χ4v) is 4.10. The molecule has 1 heterocycles. The highest BCUT2D eigenvalue weighted by Crippen LogP contribution is 2.37. The molecular formula is C16H21FN2O3S. The molecule has 0 saturated heterocycles. The molecule has 0 aliphatic carbocycles. The second-order valence-electron chi connectivity index (χ2n) is 6.13. The van der Waals surface area contributed by atoms with Gasteiger partial charge in [0.2, 0.25) is 16.4 Å². The van der Waals surface area contributed by atoms with Crippen LogP contribution in [0.15, 0.2) is 36.0 Å². The highest BCUT2D eigenvalue weighted by molar-refractivity contribution is 7.88. The fourth-order valence-electron chi connectivity index (χ4n) is 3.00. The van der Waals surface area contributed by atoms with Crippen LogP contribution >= 0.6 is 0 Å². The van der Waals surface area contributed by atoms with Gasteiger partial charge in [-0.15, -0.1) is 0 Å². The Kier molecular flexibility index (Phi) is 4.79. The smallest absolute Gasteiger partial charge is 0.233 e. The van der Waals surface area contributed by atoms with E-state index in [1.165, 1.54) is 21.3 Å². The maximum absolute atomic E-state index is 13.2. The molecule has 1 aliphatic rings. The standard InChI is InChI=1S/C16H21FN2O3S/c1-11(2)16-18(10-20)15(13-5-7-14(17)8-6-13)12(3)9-19(16)23(4,21)22/h5-11,15-16H,1-4H3. The molecule has 0 bridgehead atoms. The number of hydrogen-bond acceptors (Lipinski definition) is 3. The molecule has 2 rings (SSSR count). The van der Waals surface area contributed by atoms with Crippen molar-refractivity contribution in [2.75, 3.05) is 6.26 Å². The van der Waals surface area contributed by atoms with Crippen LogP contribution in [0.25, 0.3) is 0 Å². The Morgan fingerprint density at radius 2 is 1.78 bits per heavy atom. The third-order valence-electron chi connectivity index (χ3n) is 3.91. The number of amides is 1. The number of nitrogens with zero attached hydrogens (tertiary/aromatic N) is 2. The number of carbonyl (C=O) groups is 1. The lowest BCUT2D eigenvalue weighted by molar-refractivity contribution is -0.126. The molecule has 1 amide bonds. The van der Waals surface area contributed by atoms with E-state index < -0.39 is 22.2 Å². The Bertz CT molecular complexity index is 713. The third-order valence-corrected chi connectivity index (χ3v) is 5.00. The van der Waals surface area contributed by atoms with Crippen LogP contribution < -0.4 is 0 Å². The summed E-state index contributed by atoms with van der Waals surface area (Å²) in [5.41, 5.74) is 1.44. The van der Waals surface area contributed by atoms with Gasteiger partial charge in [-0.05, 0) is 36.1 Å². The maximum atomic E-state index is 13.2. The van der Waals surface area contributed by atoms with Crippen molar-refractivity contribution in [1.29, 1.82) is 0 Å². The second kappa shape index (κ2) is 6.31. The van der Waals surface area contributed by atoms with E-state index in [4.69, 9.17) is 0 Å². The Morgan fingerprint density at radius 1 is 1.22 bits per heavy atom. The van der Waals surface area contributed by atoms with Crippen molar-refractivity contribution in [2.24, 2.45) is 5.92 Å². The molecule has 23 heavy (non-hydrogen) atoms. The minimum absolute atomic E-state index is 0.109. The van der Waals surface area contributed by atoms with E-state index in [9.17, 15) is 17.6 Å². The first-order chi connectivity index (χ1) is 10.7. The molecule has 5 nitrogen and oxygen atoms in total. The molecular weight excluding hydrogens is 319 g/mol. The summed E-state index contributed by atoms with van der Waals surface area (Å²) in [5.74, 6) is -0.468. The van der Waals surface area contributed by atoms with Gasteiger partial charge in [0.05, 0.1) is 12.3 Å². The van der Waals surface area contributed by atoms with E-state index in [0.717, 1.165) is 11.8 Å². The van der Waals surface area contributed by atoms with E-state index in [1.54, 1.807) is 25.3 Å². The Hall–Kier alpha value is -1.89. The largest absolute Gasteiger partial charge is 0.313 e. The molecule has 0 spiro atoms. The number of hydrogen-bond donors (Lipinski definition) is 0. The van der Waals surface area contributed by atoms with Crippen LogP contribution in [0, 0.1) is 11.7 Å². The van der Waals surface area contributed by atoms with Gasteiger partial charge >= 0.3 is 0 Å². The number of sulfonamides is 1. The van der Waals surface area contributed by atoms with Crippen molar-refractivity contribution < 1.29 is 17.6 Å². The van der Waals surface area contributed by atoms with Gasteiger partial charge in [-0.2, -0.15) is 0 Å². The molecule has 0 saturated carbocycles. The SMILES string of the molecule is CC1=CN(S(C)(=O)=O)C(C(C)C)N(C=O)C1c1ccc(F)cc1. The first-order valence-corrected chi connectivity index (χ1v) is 9.16. The molecule has 0 N–H and O–H groups in total. The average Bonchev–Trinajstić information content (AvgIpc) is 2.46. The second-order valence-corrected chi connectivity index (χ2v) is 8.02. The average molecular weight is 340 g/mol. The lowest BCUT2D eigenvalue weighted by atomic mass is 9.94.